The number of likely N-dealkylation sites (N-methyl/N-ethyl adjacent to an activating group) is 2. The summed E-state index contributed by atoms with van der Waals surface area (Å²) in [6, 6.07) is 10.7. The zero-order valence-electron chi connectivity index (χ0n) is 13.0. The van der Waals surface area contributed by atoms with Crippen LogP contribution in [0.1, 0.15) is 24.6 Å². The summed E-state index contributed by atoms with van der Waals surface area (Å²) < 4.78 is 5.86. The van der Waals surface area contributed by atoms with Crippen molar-refractivity contribution in [2.75, 3.05) is 33.7 Å². The van der Waals surface area contributed by atoms with Crippen LogP contribution in [0.15, 0.2) is 34.7 Å². The fourth-order valence-electron chi connectivity index (χ4n) is 3.26. The number of nitrogens with two attached hydrogens (primary N) is 1. The Bertz CT molecular complexity index is 561. The highest BCUT2D eigenvalue weighted by Crippen LogP contribution is 2.23. The highest BCUT2D eigenvalue weighted by atomic mass is 16.3. The lowest BCUT2D eigenvalue weighted by Crippen LogP contribution is -2.39. The van der Waals surface area contributed by atoms with E-state index in [-0.39, 0.29) is 6.04 Å². The van der Waals surface area contributed by atoms with Gasteiger partial charge in [0.25, 0.3) is 0 Å². The van der Waals surface area contributed by atoms with E-state index >= 15 is 0 Å². The van der Waals surface area contributed by atoms with Crippen molar-refractivity contribution in [1.29, 1.82) is 0 Å². The van der Waals surface area contributed by atoms with E-state index < -0.39 is 0 Å². The summed E-state index contributed by atoms with van der Waals surface area (Å²) in [5.41, 5.74) is 7.24. The Kier molecular flexibility index (Phi) is 4.29. The van der Waals surface area contributed by atoms with Crippen LogP contribution in [0.2, 0.25) is 0 Å². The van der Waals surface area contributed by atoms with Gasteiger partial charge in [-0.25, -0.2) is 0 Å². The van der Waals surface area contributed by atoms with Crippen LogP contribution < -0.4 is 5.73 Å². The van der Waals surface area contributed by atoms with Gasteiger partial charge in [-0.3, -0.25) is 0 Å². The maximum Gasteiger partial charge on any atom is 0.134 e. The Morgan fingerprint density at radius 2 is 2.24 bits per heavy atom. The third-order valence-corrected chi connectivity index (χ3v) is 4.51. The number of benzene rings is 1. The quantitative estimate of drug-likeness (QED) is 0.917. The van der Waals surface area contributed by atoms with E-state index in [1.807, 2.05) is 18.2 Å². The van der Waals surface area contributed by atoms with Crippen LogP contribution in [0.3, 0.4) is 0 Å². The van der Waals surface area contributed by atoms with Gasteiger partial charge in [-0.2, -0.15) is 0 Å². The van der Waals surface area contributed by atoms with Gasteiger partial charge in [-0.1, -0.05) is 18.2 Å². The predicted molar refractivity (Wildman–Crippen MR) is 86.3 cm³/mol. The number of para-hydroxylation sites is 1. The predicted octanol–water partition coefficient (Wildman–Crippen LogP) is 2.46. The molecular formula is C17H25N3O. The summed E-state index contributed by atoms with van der Waals surface area (Å²) >= 11 is 0. The largest absolute Gasteiger partial charge is 0.459 e. The highest BCUT2D eigenvalue weighted by molar-refractivity contribution is 5.77. The number of fused-ring (bicyclic) bond motifs is 1. The molecule has 2 atom stereocenters. The third-order valence-electron chi connectivity index (χ3n) is 4.51. The van der Waals surface area contributed by atoms with E-state index in [9.17, 15) is 0 Å². The molecule has 1 aliphatic heterocycles. The van der Waals surface area contributed by atoms with Crippen molar-refractivity contribution in [2.24, 2.45) is 5.73 Å². The molecule has 0 amide bonds. The van der Waals surface area contributed by atoms with Crippen LogP contribution >= 0.6 is 0 Å². The highest BCUT2D eigenvalue weighted by Gasteiger charge is 2.23. The Labute approximate surface area is 126 Å². The molecule has 114 valence electrons. The fraction of sp³-hybridized carbons (Fsp3) is 0.529. The molecule has 0 spiro atoms. The van der Waals surface area contributed by atoms with Gasteiger partial charge in [0.15, 0.2) is 0 Å². The van der Waals surface area contributed by atoms with Gasteiger partial charge in [0.05, 0.1) is 6.04 Å². The van der Waals surface area contributed by atoms with Crippen molar-refractivity contribution in [3.05, 3.63) is 36.1 Å². The molecule has 2 N–H and O–H groups in total. The van der Waals surface area contributed by atoms with Gasteiger partial charge in [0.2, 0.25) is 0 Å². The molecule has 4 nitrogen and oxygen atoms in total. The number of hydrogen-bond acceptors (Lipinski definition) is 4. The van der Waals surface area contributed by atoms with Crippen LogP contribution in [-0.2, 0) is 0 Å². The lowest BCUT2D eigenvalue weighted by Gasteiger charge is -2.27. The van der Waals surface area contributed by atoms with Crippen LogP contribution in [-0.4, -0.2) is 49.6 Å². The Balaban J connectivity index is 1.61. The molecule has 1 fully saturated rings. The molecule has 0 saturated carbocycles. The van der Waals surface area contributed by atoms with E-state index in [2.05, 4.69) is 36.0 Å². The van der Waals surface area contributed by atoms with Crippen molar-refractivity contribution in [3.8, 4) is 0 Å². The van der Waals surface area contributed by atoms with E-state index in [4.69, 9.17) is 10.2 Å². The number of likely N-dealkylation sites (tertiary alicyclic amines) is 1. The molecule has 2 aromatic rings. The average molecular weight is 287 g/mol. The average Bonchev–Trinajstić information content (AvgIpc) is 3.05. The minimum Gasteiger partial charge on any atom is -0.459 e. The minimum absolute atomic E-state index is 0.0749. The van der Waals surface area contributed by atoms with Gasteiger partial charge >= 0.3 is 0 Å². The van der Waals surface area contributed by atoms with Crippen molar-refractivity contribution < 1.29 is 4.42 Å². The molecule has 1 aromatic carbocycles. The Hall–Kier alpha value is -1.36. The van der Waals surface area contributed by atoms with E-state index in [1.54, 1.807) is 0 Å². The number of furan rings is 1. The number of hydrogen-bond donors (Lipinski definition) is 1. The first-order valence-electron chi connectivity index (χ1n) is 7.76. The van der Waals surface area contributed by atoms with Crippen LogP contribution in [0.25, 0.3) is 11.0 Å². The second kappa shape index (κ2) is 6.18. The first kappa shape index (κ1) is 14.6. The van der Waals surface area contributed by atoms with Crippen molar-refractivity contribution in [1.82, 2.24) is 9.80 Å². The zero-order valence-corrected chi connectivity index (χ0v) is 13.0. The van der Waals surface area contributed by atoms with E-state index in [0.717, 1.165) is 29.8 Å². The summed E-state index contributed by atoms with van der Waals surface area (Å²) in [6.45, 7) is 3.11. The molecule has 0 aliphatic carbocycles. The maximum atomic E-state index is 6.32. The molecule has 4 heteroatoms. The molecule has 1 aliphatic rings. The SMILES string of the molecule is CN(CC(N)c1cc2ccccc2o1)CC1CCCN1C. The van der Waals surface area contributed by atoms with Gasteiger partial charge in [0.1, 0.15) is 11.3 Å². The normalized spacial score (nSPS) is 21.4. The van der Waals surface area contributed by atoms with Gasteiger partial charge < -0.3 is 20.0 Å². The number of nitrogens with zero attached hydrogens (tertiary/aromatic N) is 2. The monoisotopic (exact) mass is 287 g/mol. The lowest BCUT2D eigenvalue weighted by molar-refractivity contribution is 0.209. The number of rotatable bonds is 5. The van der Waals surface area contributed by atoms with Crippen molar-refractivity contribution in [2.45, 2.75) is 24.9 Å². The Morgan fingerprint density at radius 1 is 1.43 bits per heavy atom. The lowest BCUT2D eigenvalue weighted by atomic mass is 10.1. The summed E-state index contributed by atoms with van der Waals surface area (Å²) in [5.74, 6) is 0.878. The summed E-state index contributed by atoms with van der Waals surface area (Å²) in [6.07, 6.45) is 2.60. The molecule has 1 aromatic heterocycles. The smallest absolute Gasteiger partial charge is 0.134 e. The van der Waals surface area contributed by atoms with E-state index in [1.165, 1.54) is 19.4 Å². The topological polar surface area (TPSA) is 45.6 Å². The van der Waals surface area contributed by atoms with E-state index in [0.29, 0.717) is 6.04 Å². The van der Waals surface area contributed by atoms with Gasteiger partial charge in [0, 0.05) is 24.5 Å². The standard InChI is InChI=1S/C17H25N3O/c1-19(11-14-7-5-9-20(14)2)12-15(18)17-10-13-6-3-4-8-16(13)21-17/h3-4,6,8,10,14-15H,5,7,9,11-12,18H2,1-2H3. The molecule has 21 heavy (non-hydrogen) atoms. The summed E-state index contributed by atoms with van der Waals surface area (Å²) in [5, 5.41) is 1.13. The van der Waals surface area contributed by atoms with Crippen molar-refractivity contribution >= 4 is 11.0 Å². The first-order chi connectivity index (χ1) is 10.1. The molecule has 0 radical (unpaired) electrons. The van der Waals surface area contributed by atoms with Crippen LogP contribution in [0.5, 0.6) is 0 Å². The summed E-state index contributed by atoms with van der Waals surface area (Å²) in [7, 11) is 4.36. The molecular weight excluding hydrogens is 262 g/mol. The first-order valence-corrected chi connectivity index (χ1v) is 7.76. The van der Waals surface area contributed by atoms with Crippen molar-refractivity contribution in [3.63, 3.8) is 0 Å². The minimum atomic E-state index is -0.0749. The van der Waals surface area contributed by atoms with Crippen LogP contribution in [0, 0.1) is 0 Å². The third kappa shape index (κ3) is 3.28. The second-order valence-corrected chi connectivity index (χ2v) is 6.29. The second-order valence-electron chi connectivity index (χ2n) is 6.29. The van der Waals surface area contributed by atoms with Gasteiger partial charge in [-0.05, 0) is 45.6 Å². The fourth-order valence-corrected chi connectivity index (χ4v) is 3.26. The molecule has 1 saturated heterocycles. The zero-order chi connectivity index (χ0) is 14.8. The molecule has 3 rings (SSSR count). The van der Waals surface area contributed by atoms with Crippen LogP contribution in [0.4, 0.5) is 0 Å². The Morgan fingerprint density at radius 3 is 2.95 bits per heavy atom. The molecule has 0 bridgehead atoms. The maximum absolute atomic E-state index is 6.32. The molecule has 2 heterocycles. The summed E-state index contributed by atoms with van der Waals surface area (Å²) in [4.78, 5) is 4.77. The molecule has 2 unspecified atom stereocenters. The van der Waals surface area contributed by atoms with Gasteiger partial charge in [-0.15, -0.1) is 0 Å².